The lowest BCUT2D eigenvalue weighted by Crippen LogP contribution is -2.40. The molecule has 1 saturated carbocycles. The standard InChI is InChI=1S/C16H18F3N5O.ClH/c17-16(18,19)11-4-2-5-12(7-11)24-9-14(22-23-24)15(25)21-13-6-1-3-10(13)8-20;/h2,4-5,7,9-10,13H,1,3,6,8,20H2,(H,21,25);1H. The average molecular weight is 390 g/mol. The van der Waals surface area contributed by atoms with Crippen molar-refractivity contribution in [1.29, 1.82) is 0 Å². The molecule has 2 aromatic rings. The molecule has 1 aromatic heterocycles. The summed E-state index contributed by atoms with van der Waals surface area (Å²) in [6.45, 7) is 0.502. The maximum atomic E-state index is 12.8. The van der Waals surface area contributed by atoms with Crippen molar-refractivity contribution in [3.05, 3.63) is 41.7 Å². The Morgan fingerprint density at radius 1 is 1.35 bits per heavy atom. The van der Waals surface area contributed by atoms with E-state index in [0.29, 0.717) is 6.54 Å². The second kappa shape index (κ2) is 8.05. The molecule has 0 saturated heterocycles. The molecule has 26 heavy (non-hydrogen) atoms. The number of alkyl halides is 3. The Morgan fingerprint density at radius 2 is 2.12 bits per heavy atom. The van der Waals surface area contributed by atoms with E-state index in [1.165, 1.54) is 18.3 Å². The molecule has 142 valence electrons. The molecule has 2 atom stereocenters. The van der Waals surface area contributed by atoms with Crippen LogP contribution in [0.3, 0.4) is 0 Å². The van der Waals surface area contributed by atoms with Gasteiger partial charge in [-0.25, -0.2) is 4.68 Å². The Morgan fingerprint density at radius 3 is 2.81 bits per heavy atom. The predicted octanol–water partition coefficient (Wildman–Crippen LogP) is 2.57. The van der Waals surface area contributed by atoms with E-state index in [0.717, 1.165) is 36.1 Å². The Bertz CT molecular complexity index is 764. The highest BCUT2D eigenvalue weighted by atomic mass is 35.5. The number of nitrogens with one attached hydrogen (secondary N) is 1. The number of benzene rings is 1. The summed E-state index contributed by atoms with van der Waals surface area (Å²) in [6.07, 6.45) is -0.300. The van der Waals surface area contributed by atoms with Crippen LogP contribution in [0.1, 0.15) is 35.3 Å². The summed E-state index contributed by atoms with van der Waals surface area (Å²) >= 11 is 0. The minimum absolute atomic E-state index is 0. The van der Waals surface area contributed by atoms with Crippen molar-refractivity contribution in [2.75, 3.05) is 6.54 Å². The quantitative estimate of drug-likeness (QED) is 0.841. The third kappa shape index (κ3) is 4.34. The lowest BCUT2D eigenvalue weighted by atomic mass is 10.0. The van der Waals surface area contributed by atoms with Crippen molar-refractivity contribution >= 4 is 18.3 Å². The van der Waals surface area contributed by atoms with Crippen LogP contribution >= 0.6 is 12.4 Å². The van der Waals surface area contributed by atoms with E-state index in [1.807, 2.05) is 0 Å². The van der Waals surface area contributed by atoms with Crippen molar-refractivity contribution in [2.45, 2.75) is 31.5 Å². The van der Waals surface area contributed by atoms with E-state index >= 15 is 0 Å². The average Bonchev–Trinajstić information content (AvgIpc) is 3.23. The Hall–Kier alpha value is -2.13. The number of carbonyl (C=O) groups excluding carboxylic acids is 1. The molecule has 0 spiro atoms. The lowest BCUT2D eigenvalue weighted by Gasteiger charge is -2.18. The first-order valence-electron chi connectivity index (χ1n) is 7.99. The first kappa shape index (κ1) is 20.2. The highest BCUT2D eigenvalue weighted by Gasteiger charge is 2.31. The fraction of sp³-hybridized carbons (Fsp3) is 0.438. The Labute approximate surface area is 154 Å². The van der Waals surface area contributed by atoms with Gasteiger partial charge < -0.3 is 11.1 Å². The second-order valence-electron chi connectivity index (χ2n) is 6.10. The minimum Gasteiger partial charge on any atom is -0.348 e. The summed E-state index contributed by atoms with van der Waals surface area (Å²) in [5.41, 5.74) is 5.14. The monoisotopic (exact) mass is 389 g/mol. The molecule has 0 radical (unpaired) electrons. The van der Waals surface area contributed by atoms with Crippen molar-refractivity contribution in [3.63, 3.8) is 0 Å². The fourth-order valence-corrected chi connectivity index (χ4v) is 3.07. The fourth-order valence-electron chi connectivity index (χ4n) is 3.07. The van der Waals surface area contributed by atoms with Crippen LogP contribution in [0.25, 0.3) is 5.69 Å². The number of aromatic nitrogens is 3. The second-order valence-corrected chi connectivity index (χ2v) is 6.10. The van der Waals surface area contributed by atoms with Crippen molar-refractivity contribution in [2.24, 2.45) is 11.7 Å². The third-order valence-electron chi connectivity index (χ3n) is 4.44. The van der Waals surface area contributed by atoms with Crippen LogP contribution < -0.4 is 11.1 Å². The summed E-state index contributed by atoms with van der Waals surface area (Å²) < 4.78 is 39.5. The Balaban J connectivity index is 0.00000243. The minimum atomic E-state index is -4.45. The van der Waals surface area contributed by atoms with E-state index in [9.17, 15) is 18.0 Å². The number of amides is 1. The maximum absolute atomic E-state index is 12.8. The number of nitrogens with two attached hydrogens (primary N) is 1. The van der Waals surface area contributed by atoms with Crippen molar-refractivity contribution in [1.82, 2.24) is 20.3 Å². The molecule has 1 aliphatic rings. The number of hydrogen-bond acceptors (Lipinski definition) is 4. The number of carbonyl (C=O) groups is 1. The molecule has 6 nitrogen and oxygen atoms in total. The van der Waals surface area contributed by atoms with Gasteiger partial charge in [0.1, 0.15) is 0 Å². The van der Waals surface area contributed by atoms with E-state index in [-0.39, 0.29) is 35.7 Å². The van der Waals surface area contributed by atoms with Crippen LogP contribution in [0.15, 0.2) is 30.5 Å². The van der Waals surface area contributed by atoms with Gasteiger partial charge in [-0.3, -0.25) is 4.79 Å². The molecule has 10 heteroatoms. The predicted molar refractivity (Wildman–Crippen MR) is 91.3 cm³/mol. The molecule has 1 aromatic carbocycles. The zero-order valence-electron chi connectivity index (χ0n) is 13.7. The number of hydrogen-bond donors (Lipinski definition) is 2. The molecule has 3 N–H and O–H groups in total. The maximum Gasteiger partial charge on any atom is 0.416 e. The summed E-state index contributed by atoms with van der Waals surface area (Å²) in [5, 5.41) is 10.4. The molecular formula is C16H19ClF3N5O. The first-order chi connectivity index (χ1) is 11.9. The van der Waals surface area contributed by atoms with Crippen LogP contribution in [-0.4, -0.2) is 33.5 Å². The van der Waals surface area contributed by atoms with Crippen molar-refractivity contribution in [3.8, 4) is 5.69 Å². The highest BCUT2D eigenvalue weighted by Crippen LogP contribution is 2.30. The van der Waals surface area contributed by atoms with E-state index < -0.39 is 17.6 Å². The van der Waals surface area contributed by atoms with Crippen molar-refractivity contribution < 1.29 is 18.0 Å². The third-order valence-corrected chi connectivity index (χ3v) is 4.44. The molecular weight excluding hydrogens is 371 g/mol. The molecule has 1 amide bonds. The van der Waals surface area contributed by atoms with Crippen LogP contribution in [0.4, 0.5) is 13.2 Å². The van der Waals surface area contributed by atoms with Gasteiger partial charge in [-0.05, 0) is 43.5 Å². The zero-order valence-corrected chi connectivity index (χ0v) is 14.6. The normalized spacial score (nSPS) is 19.8. The molecule has 1 fully saturated rings. The van der Waals surface area contributed by atoms with Gasteiger partial charge in [0.15, 0.2) is 5.69 Å². The largest absolute Gasteiger partial charge is 0.416 e. The first-order valence-corrected chi connectivity index (χ1v) is 7.99. The van der Waals surface area contributed by atoms with Gasteiger partial charge in [-0.2, -0.15) is 13.2 Å². The van der Waals surface area contributed by atoms with Gasteiger partial charge in [0.2, 0.25) is 0 Å². The van der Waals surface area contributed by atoms with E-state index in [1.54, 1.807) is 0 Å². The topological polar surface area (TPSA) is 85.8 Å². The SMILES string of the molecule is Cl.NCC1CCCC1NC(=O)c1cn(-c2cccc(C(F)(F)F)c2)nn1. The van der Waals surface area contributed by atoms with Crippen LogP contribution in [0.5, 0.6) is 0 Å². The lowest BCUT2D eigenvalue weighted by molar-refractivity contribution is -0.137. The summed E-state index contributed by atoms with van der Waals surface area (Å²) in [5.74, 6) is -0.161. The van der Waals surface area contributed by atoms with Crippen LogP contribution in [0, 0.1) is 5.92 Å². The molecule has 0 aliphatic heterocycles. The molecule has 3 rings (SSSR count). The number of nitrogens with zero attached hydrogens (tertiary/aromatic N) is 3. The summed E-state index contributed by atoms with van der Waals surface area (Å²) in [7, 11) is 0. The highest BCUT2D eigenvalue weighted by molar-refractivity contribution is 5.92. The van der Waals surface area contributed by atoms with Gasteiger partial charge in [-0.15, -0.1) is 17.5 Å². The zero-order chi connectivity index (χ0) is 18.0. The molecule has 2 unspecified atom stereocenters. The van der Waals surface area contributed by atoms with Gasteiger partial charge in [-0.1, -0.05) is 17.7 Å². The number of rotatable bonds is 4. The van der Waals surface area contributed by atoms with Gasteiger partial charge in [0, 0.05) is 6.04 Å². The molecule has 1 heterocycles. The summed E-state index contributed by atoms with van der Waals surface area (Å²) in [6, 6.07) is 4.67. The van der Waals surface area contributed by atoms with Gasteiger partial charge >= 0.3 is 6.18 Å². The summed E-state index contributed by atoms with van der Waals surface area (Å²) in [4.78, 5) is 12.3. The number of halogens is 4. The smallest absolute Gasteiger partial charge is 0.348 e. The van der Waals surface area contributed by atoms with Gasteiger partial charge in [0.25, 0.3) is 5.91 Å². The Kier molecular flexibility index (Phi) is 6.25. The van der Waals surface area contributed by atoms with Crippen LogP contribution in [0.2, 0.25) is 0 Å². The molecule has 0 bridgehead atoms. The van der Waals surface area contributed by atoms with Gasteiger partial charge in [0.05, 0.1) is 17.4 Å². The van der Waals surface area contributed by atoms with E-state index in [4.69, 9.17) is 5.73 Å². The van der Waals surface area contributed by atoms with Crippen LogP contribution in [-0.2, 0) is 6.18 Å². The van der Waals surface area contributed by atoms with E-state index in [2.05, 4.69) is 15.6 Å². The molecule has 1 aliphatic carbocycles.